The zero-order valence-corrected chi connectivity index (χ0v) is 51.3. The molecule has 0 saturated heterocycles. The van der Waals surface area contributed by atoms with Crippen molar-refractivity contribution in [1.29, 1.82) is 0 Å². The second-order valence-electron chi connectivity index (χ2n) is 22.2. The highest BCUT2D eigenvalue weighted by Gasteiger charge is 2.13. The van der Waals surface area contributed by atoms with Crippen molar-refractivity contribution in [2.75, 3.05) is 47.7 Å². The van der Waals surface area contributed by atoms with Crippen molar-refractivity contribution in [3.05, 3.63) is 158 Å². The van der Waals surface area contributed by atoms with E-state index in [2.05, 4.69) is 110 Å². The van der Waals surface area contributed by atoms with Crippen molar-refractivity contribution < 1.29 is 28.4 Å². The first-order chi connectivity index (χ1) is 41.5. The molecule has 450 valence electrons. The Bertz CT molecular complexity index is 2650. The van der Waals surface area contributed by atoms with Crippen LogP contribution in [0.4, 0.5) is 45.5 Å². The molecular formula is C74H98N4O6. The van der Waals surface area contributed by atoms with Gasteiger partial charge in [0, 0.05) is 34.1 Å². The van der Waals surface area contributed by atoms with Gasteiger partial charge in [-0.2, -0.15) is 0 Å². The molecule has 84 heavy (non-hydrogen) atoms. The van der Waals surface area contributed by atoms with Crippen molar-refractivity contribution in [2.45, 2.75) is 182 Å². The largest absolute Gasteiger partial charge is 0.494 e. The Balaban J connectivity index is 1.03. The van der Waals surface area contributed by atoms with Gasteiger partial charge < -0.3 is 49.7 Å². The highest BCUT2D eigenvalue weighted by molar-refractivity contribution is 5.76. The van der Waals surface area contributed by atoms with Gasteiger partial charge in [-0.1, -0.05) is 156 Å². The minimum Gasteiger partial charge on any atom is -0.494 e. The molecule has 0 spiro atoms. The van der Waals surface area contributed by atoms with Crippen LogP contribution in [0.5, 0.6) is 46.0 Å². The van der Waals surface area contributed by atoms with E-state index in [4.69, 9.17) is 28.4 Å². The summed E-state index contributed by atoms with van der Waals surface area (Å²) in [5.74, 6) is 6.15. The van der Waals surface area contributed by atoms with Crippen molar-refractivity contribution in [3.8, 4) is 46.0 Å². The molecule has 10 nitrogen and oxygen atoms in total. The smallest absolute Gasteiger partial charge is 0.151 e. The molecule has 0 atom stereocenters. The lowest BCUT2D eigenvalue weighted by Crippen LogP contribution is -1.99. The molecule has 0 aliphatic heterocycles. The van der Waals surface area contributed by atoms with Gasteiger partial charge in [0.1, 0.15) is 34.5 Å². The number of rotatable bonds is 44. The van der Waals surface area contributed by atoms with Crippen LogP contribution in [0.25, 0.3) is 0 Å². The van der Waals surface area contributed by atoms with Crippen LogP contribution in [-0.4, -0.2) is 26.4 Å². The van der Waals surface area contributed by atoms with Gasteiger partial charge in [0.05, 0.1) is 37.8 Å². The molecule has 0 aliphatic carbocycles. The Morgan fingerprint density at radius 3 is 0.726 bits per heavy atom. The number of nitrogens with one attached hydrogen (secondary N) is 4. The van der Waals surface area contributed by atoms with Gasteiger partial charge in [0.15, 0.2) is 11.5 Å². The summed E-state index contributed by atoms with van der Waals surface area (Å²) in [4.78, 5) is 0. The van der Waals surface area contributed by atoms with E-state index in [-0.39, 0.29) is 0 Å². The molecule has 0 heterocycles. The Labute approximate surface area is 504 Å². The van der Waals surface area contributed by atoms with Crippen molar-refractivity contribution in [3.63, 3.8) is 0 Å². The lowest BCUT2D eigenvalue weighted by Gasteiger charge is -2.17. The molecule has 7 aromatic carbocycles. The first-order valence-electron chi connectivity index (χ1n) is 32.2. The fourth-order valence-corrected chi connectivity index (χ4v) is 9.89. The molecule has 10 heteroatoms. The lowest BCUT2D eigenvalue weighted by atomic mass is 10.1. The molecule has 0 aliphatic rings. The maximum atomic E-state index is 6.66. The van der Waals surface area contributed by atoms with Gasteiger partial charge >= 0.3 is 0 Å². The highest BCUT2D eigenvalue weighted by atomic mass is 16.5. The fraction of sp³-hybridized carbons (Fsp3) is 0.432. The summed E-state index contributed by atoms with van der Waals surface area (Å²) in [6.45, 7) is 11.9. The number of unbranched alkanes of at least 4 members (excludes halogenated alkanes) is 20. The summed E-state index contributed by atoms with van der Waals surface area (Å²) in [6, 6.07) is 52.6. The van der Waals surface area contributed by atoms with Gasteiger partial charge in [0.2, 0.25) is 0 Å². The number of benzene rings is 7. The molecule has 4 N–H and O–H groups in total. The normalized spacial score (nSPS) is 11.0. The molecule has 0 aromatic heterocycles. The summed E-state index contributed by atoms with van der Waals surface area (Å²) in [5.41, 5.74) is 7.18. The first-order valence-corrected chi connectivity index (χ1v) is 32.2. The molecule has 0 amide bonds. The van der Waals surface area contributed by atoms with Crippen LogP contribution in [-0.2, 0) is 0 Å². The first kappa shape index (κ1) is 64.1. The topological polar surface area (TPSA) is 104 Å². The van der Waals surface area contributed by atoms with E-state index in [0.717, 1.165) is 121 Å². The Kier molecular flexibility index (Phi) is 29.3. The number of hydrogen-bond donors (Lipinski definition) is 4. The molecule has 0 bridgehead atoms. The zero-order valence-electron chi connectivity index (χ0n) is 51.3. The standard InChI is InChI=1S/C74H98N4O6/c1-5-9-13-17-21-25-53-79-65-39-29-59(30-40-65)75-63-37-51-73(71(57-63)77-61-33-43-67(44-34-61)81-55-27-23-19-15-11-7-3)83-69-47-49-70(50-48-69)84-74-52-38-64(76-60-31-41-66(42-32-60)80-54-26-22-18-14-10-6-2)58-72(74)78-62-35-45-68(46-36-62)82-56-28-24-20-16-12-8-4/h29-52,57-58,75-78H,5-28,53-56H2,1-4H3. The van der Waals surface area contributed by atoms with Gasteiger partial charge in [-0.15, -0.1) is 0 Å². The predicted molar refractivity (Wildman–Crippen MR) is 354 cm³/mol. The Morgan fingerprint density at radius 1 is 0.226 bits per heavy atom. The molecule has 0 unspecified atom stereocenters. The number of ether oxygens (including phenoxy) is 6. The van der Waals surface area contributed by atoms with Crippen LogP contribution in [0.2, 0.25) is 0 Å². The summed E-state index contributed by atoms with van der Waals surface area (Å²) < 4.78 is 37.7. The van der Waals surface area contributed by atoms with Crippen LogP contribution < -0.4 is 49.7 Å². The number of anilines is 8. The molecule has 0 radical (unpaired) electrons. The molecule has 7 aromatic rings. The van der Waals surface area contributed by atoms with Crippen LogP contribution in [0.3, 0.4) is 0 Å². The number of hydrogen-bond acceptors (Lipinski definition) is 10. The van der Waals surface area contributed by atoms with E-state index >= 15 is 0 Å². The molecule has 7 rings (SSSR count). The molecule has 0 saturated carbocycles. The minimum atomic E-state index is 0.664. The second-order valence-corrected chi connectivity index (χ2v) is 22.2. The SMILES string of the molecule is CCCCCCCCOc1ccc(Nc2ccc(Oc3ccc(Oc4ccc(Nc5ccc(OCCCCCCCC)cc5)cc4Nc4ccc(OCCCCCCCC)cc4)cc3)c(Nc3ccc(OCCCCCCCC)cc3)c2)cc1. The average molecular weight is 1140 g/mol. The Hall–Kier alpha value is -7.46. The average Bonchev–Trinajstić information content (AvgIpc) is 3.60. The predicted octanol–water partition coefficient (Wildman–Crippen LogP) is 23.2. The van der Waals surface area contributed by atoms with E-state index < -0.39 is 0 Å². The van der Waals surface area contributed by atoms with Crippen LogP contribution in [0.15, 0.2) is 158 Å². The summed E-state index contributed by atoms with van der Waals surface area (Å²) in [7, 11) is 0. The van der Waals surface area contributed by atoms with Gasteiger partial charge in [-0.3, -0.25) is 0 Å². The molecular weight excluding hydrogens is 1040 g/mol. The van der Waals surface area contributed by atoms with Crippen molar-refractivity contribution in [2.24, 2.45) is 0 Å². The lowest BCUT2D eigenvalue weighted by molar-refractivity contribution is 0.304. The third kappa shape index (κ3) is 24.4. The third-order valence-corrected chi connectivity index (χ3v) is 14.9. The highest BCUT2D eigenvalue weighted by Crippen LogP contribution is 2.39. The Morgan fingerprint density at radius 2 is 0.452 bits per heavy atom. The van der Waals surface area contributed by atoms with E-state index in [1.807, 2.05) is 97.1 Å². The molecule has 0 fully saturated rings. The van der Waals surface area contributed by atoms with Gasteiger partial charge in [-0.05, 0) is 183 Å². The fourth-order valence-electron chi connectivity index (χ4n) is 9.89. The van der Waals surface area contributed by atoms with E-state index in [1.165, 1.54) is 128 Å². The summed E-state index contributed by atoms with van der Waals surface area (Å²) in [6.07, 6.45) is 29.6. The maximum absolute atomic E-state index is 6.66. The quantitative estimate of drug-likeness (QED) is 0.0276. The zero-order chi connectivity index (χ0) is 58.5. The van der Waals surface area contributed by atoms with Gasteiger partial charge in [-0.25, -0.2) is 0 Å². The van der Waals surface area contributed by atoms with Crippen molar-refractivity contribution >= 4 is 45.5 Å². The second kappa shape index (κ2) is 38.4. The summed E-state index contributed by atoms with van der Waals surface area (Å²) in [5, 5.41) is 14.5. The van der Waals surface area contributed by atoms with E-state index in [9.17, 15) is 0 Å². The third-order valence-electron chi connectivity index (χ3n) is 14.9. The van der Waals surface area contributed by atoms with E-state index in [0.29, 0.717) is 23.0 Å². The van der Waals surface area contributed by atoms with Crippen LogP contribution in [0, 0.1) is 0 Å². The monoisotopic (exact) mass is 1140 g/mol. The van der Waals surface area contributed by atoms with Gasteiger partial charge in [0.25, 0.3) is 0 Å². The van der Waals surface area contributed by atoms with Crippen LogP contribution >= 0.6 is 0 Å². The minimum absolute atomic E-state index is 0.664. The van der Waals surface area contributed by atoms with Crippen LogP contribution in [0.1, 0.15) is 182 Å². The van der Waals surface area contributed by atoms with E-state index in [1.54, 1.807) is 0 Å². The van der Waals surface area contributed by atoms with Crippen molar-refractivity contribution in [1.82, 2.24) is 0 Å². The maximum Gasteiger partial charge on any atom is 0.151 e. The summed E-state index contributed by atoms with van der Waals surface area (Å²) >= 11 is 0.